The summed E-state index contributed by atoms with van der Waals surface area (Å²) in [6.45, 7) is 0.756. The van der Waals surface area contributed by atoms with Crippen molar-refractivity contribution in [3.8, 4) is 0 Å². The van der Waals surface area contributed by atoms with Crippen molar-refractivity contribution in [1.82, 2.24) is 4.98 Å². The third-order valence-corrected chi connectivity index (χ3v) is 6.43. The van der Waals surface area contributed by atoms with Gasteiger partial charge < -0.3 is 9.84 Å². The van der Waals surface area contributed by atoms with Crippen LogP contribution >= 0.6 is 11.8 Å². The van der Waals surface area contributed by atoms with Crippen LogP contribution < -0.4 is 0 Å². The first-order chi connectivity index (χ1) is 13.7. The van der Waals surface area contributed by atoms with Crippen molar-refractivity contribution in [2.24, 2.45) is 0 Å². The smallest absolute Gasteiger partial charge is 0.0724 e. The number of rotatable bonds is 10. The van der Waals surface area contributed by atoms with Crippen molar-refractivity contribution in [2.45, 2.75) is 43.0 Å². The average Bonchev–Trinajstić information content (AvgIpc) is 3.21. The minimum Gasteiger partial charge on any atom is -0.389 e. The van der Waals surface area contributed by atoms with E-state index in [1.165, 1.54) is 11.1 Å². The summed E-state index contributed by atoms with van der Waals surface area (Å²) in [6, 6.07) is 12.9. The molecule has 1 aliphatic rings. The molecule has 0 radical (unpaired) electrons. The standard InChI is InChI=1S/C24H29NO2S/c1-27-16-3-2-7-23(26)13-12-20-8-10-21(11-9-20)18-24(14-5-17-28-24)22-6-4-15-25-19-22/h4-6,8-13,15,17,19,23,26H,2-3,7,14,16,18H2,1H3/b13-12+. The van der Waals surface area contributed by atoms with Gasteiger partial charge in [-0.2, -0.15) is 0 Å². The third-order valence-electron chi connectivity index (χ3n) is 5.10. The number of hydrogen-bond donors (Lipinski definition) is 1. The molecule has 0 fully saturated rings. The van der Waals surface area contributed by atoms with Crippen LogP contribution in [0.25, 0.3) is 6.08 Å². The van der Waals surface area contributed by atoms with Crippen LogP contribution in [0.4, 0.5) is 0 Å². The van der Waals surface area contributed by atoms with E-state index in [2.05, 4.69) is 46.8 Å². The average molecular weight is 396 g/mol. The van der Waals surface area contributed by atoms with E-state index >= 15 is 0 Å². The van der Waals surface area contributed by atoms with Crippen LogP contribution in [0, 0.1) is 0 Å². The molecule has 1 aliphatic heterocycles. The minimum absolute atomic E-state index is 0.0456. The number of unbranched alkanes of at least 4 members (excludes halogenated alkanes) is 1. The molecule has 3 rings (SSSR count). The van der Waals surface area contributed by atoms with Crippen LogP contribution in [0.1, 0.15) is 42.4 Å². The summed E-state index contributed by atoms with van der Waals surface area (Å²) in [7, 11) is 1.71. The number of aliphatic hydroxyl groups excluding tert-OH is 1. The molecule has 1 aromatic carbocycles. The van der Waals surface area contributed by atoms with Gasteiger partial charge in [-0.05, 0) is 60.3 Å². The van der Waals surface area contributed by atoms with E-state index in [-0.39, 0.29) is 4.75 Å². The number of hydrogen-bond acceptors (Lipinski definition) is 4. The SMILES string of the molecule is COCCCCC(O)/C=C/c1ccc(CC2(c3cccnc3)CC=CS2)cc1. The molecular weight excluding hydrogens is 366 g/mol. The fourth-order valence-electron chi connectivity index (χ4n) is 3.49. The Balaban J connectivity index is 1.59. The zero-order chi connectivity index (χ0) is 19.7. The molecular formula is C24H29NO2S. The van der Waals surface area contributed by atoms with Crippen molar-refractivity contribution in [1.29, 1.82) is 0 Å². The fraction of sp³-hybridized carbons (Fsp3) is 0.375. The number of thioether (sulfide) groups is 1. The van der Waals surface area contributed by atoms with Crippen LogP contribution in [0.5, 0.6) is 0 Å². The number of benzene rings is 1. The highest BCUT2D eigenvalue weighted by molar-refractivity contribution is 8.03. The third kappa shape index (κ3) is 5.81. The number of aliphatic hydroxyl groups is 1. The van der Waals surface area contributed by atoms with Gasteiger partial charge in [0.1, 0.15) is 0 Å². The Kier molecular flexibility index (Phi) is 7.90. The van der Waals surface area contributed by atoms with E-state index in [1.54, 1.807) is 7.11 Å². The Morgan fingerprint density at radius 1 is 1.25 bits per heavy atom. The maximum Gasteiger partial charge on any atom is 0.0724 e. The van der Waals surface area contributed by atoms with Crippen molar-refractivity contribution in [2.75, 3.05) is 13.7 Å². The maximum absolute atomic E-state index is 10.1. The molecule has 1 aromatic heterocycles. The van der Waals surface area contributed by atoms with E-state index in [9.17, 15) is 5.11 Å². The van der Waals surface area contributed by atoms with Gasteiger partial charge in [0.05, 0.1) is 10.9 Å². The van der Waals surface area contributed by atoms with E-state index in [0.717, 1.165) is 44.3 Å². The van der Waals surface area contributed by atoms with E-state index in [4.69, 9.17) is 4.74 Å². The zero-order valence-corrected chi connectivity index (χ0v) is 17.3. The summed E-state index contributed by atoms with van der Waals surface area (Å²) in [5, 5.41) is 12.3. The molecule has 28 heavy (non-hydrogen) atoms. The lowest BCUT2D eigenvalue weighted by atomic mass is 9.89. The molecule has 0 aliphatic carbocycles. The van der Waals surface area contributed by atoms with E-state index in [0.29, 0.717) is 0 Å². The van der Waals surface area contributed by atoms with Gasteiger partial charge >= 0.3 is 0 Å². The first kappa shape index (κ1) is 20.8. The summed E-state index contributed by atoms with van der Waals surface area (Å²) in [4.78, 5) is 4.32. The fourth-order valence-corrected chi connectivity index (χ4v) is 4.65. The highest BCUT2D eigenvalue weighted by Gasteiger charge is 2.34. The molecule has 2 aromatic rings. The van der Waals surface area contributed by atoms with Crippen molar-refractivity contribution in [3.05, 3.63) is 83.0 Å². The number of aromatic nitrogens is 1. The van der Waals surface area contributed by atoms with Gasteiger partial charge in [0.2, 0.25) is 0 Å². The van der Waals surface area contributed by atoms with Gasteiger partial charge in [-0.25, -0.2) is 0 Å². The predicted octanol–water partition coefficient (Wildman–Crippen LogP) is 5.36. The van der Waals surface area contributed by atoms with Gasteiger partial charge in [0, 0.05) is 26.1 Å². The number of pyridine rings is 1. The number of ether oxygens (including phenoxy) is 1. The lowest BCUT2D eigenvalue weighted by Gasteiger charge is -2.28. The van der Waals surface area contributed by atoms with Crippen LogP contribution in [0.3, 0.4) is 0 Å². The molecule has 2 atom stereocenters. The zero-order valence-electron chi connectivity index (χ0n) is 16.5. The molecule has 3 nitrogen and oxygen atoms in total. The van der Waals surface area contributed by atoms with E-state index in [1.807, 2.05) is 42.4 Å². The van der Waals surface area contributed by atoms with Crippen molar-refractivity contribution < 1.29 is 9.84 Å². The monoisotopic (exact) mass is 395 g/mol. The molecule has 0 saturated heterocycles. The number of allylic oxidation sites excluding steroid dienone is 1. The Morgan fingerprint density at radius 2 is 2.11 bits per heavy atom. The molecule has 0 bridgehead atoms. The van der Waals surface area contributed by atoms with Crippen LogP contribution in [-0.4, -0.2) is 29.9 Å². The minimum atomic E-state index is -0.397. The highest BCUT2D eigenvalue weighted by atomic mass is 32.2. The van der Waals surface area contributed by atoms with Gasteiger partial charge in [0.15, 0.2) is 0 Å². The van der Waals surface area contributed by atoms with Crippen LogP contribution in [0.15, 0.2) is 66.4 Å². The van der Waals surface area contributed by atoms with Crippen molar-refractivity contribution >= 4 is 17.8 Å². The molecule has 1 N–H and O–H groups in total. The molecule has 2 unspecified atom stereocenters. The quantitative estimate of drug-likeness (QED) is 0.550. The van der Waals surface area contributed by atoms with Gasteiger partial charge in [0.25, 0.3) is 0 Å². The second-order valence-electron chi connectivity index (χ2n) is 7.26. The second kappa shape index (κ2) is 10.6. The Bertz CT molecular complexity index is 763. The Morgan fingerprint density at radius 3 is 2.79 bits per heavy atom. The molecule has 4 heteroatoms. The molecule has 0 amide bonds. The first-order valence-corrected chi connectivity index (χ1v) is 10.8. The lowest BCUT2D eigenvalue weighted by Crippen LogP contribution is -2.22. The molecule has 148 valence electrons. The lowest BCUT2D eigenvalue weighted by molar-refractivity contribution is 0.176. The Labute approximate surface area is 172 Å². The molecule has 0 spiro atoms. The summed E-state index contributed by atoms with van der Waals surface area (Å²) in [5.41, 5.74) is 3.72. The van der Waals surface area contributed by atoms with Gasteiger partial charge in [-0.3, -0.25) is 4.98 Å². The first-order valence-electron chi connectivity index (χ1n) is 9.89. The topological polar surface area (TPSA) is 42.4 Å². The van der Waals surface area contributed by atoms with Crippen LogP contribution in [0.2, 0.25) is 0 Å². The predicted molar refractivity (Wildman–Crippen MR) is 118 cm³/mol. The van der Waals surface area contributed by atoms with Gasteiger partial charge in [-0.15, -0.1) is 11.8 Å². The highest BCUT2D eigenvalue weighted by Crippen LogP contribution is 2.47. The molecule has 2 heterocycles. The Hall–Kier alpha value is -1.88. The van der Waals surface area contributed by atoms with Crippen molar-refractivity contribution in [3.63, 3.8) is 0 Å². The van der Waals surface area contributed by atoms with Gasteiger partial charge in [-0.1, -0.05) is 48.6 Å². The summed E-state index contributed by atoms with van der Waals surface area (Å²) in [5.74, 6) is 0. The van der Waals surface area contributed by atoms with E-state index < -0.39 is 6.10 Å². The van der Waals surface area contributed by atoms with Crippen LogP contribution in [-0.2, 0) is 15.9 Å². The maximum atomic E-state index is 10.1. The number of methoxy groups -OCH3 is 1. The normalized spacial score (nSPS) is 20.1. The summed E-state index contributed by atoms with van der Waals surface area (Å²) < 4.78 is 5.08. The molecule has 0 saturated carbocycles. The summed E-state index contributed by atoms with van der Waals surface area (Å²) in [6.07, 6.45) is 14.3. The summed E-state index contributed by atoms with van der Waals surface area (Å²) >= 11 is 1.89. The largest absolute Gasteiger partial charge is 0.389 e. The number of nitrogens with zero attached hydrogens (tertiary/aromatic N) is 1. The second-order valence-corrected chi connectivity index (χ2v) is 8.55.